The van der Waals surface area contributed by atoms with Crippen LogP contribution in [0, 0.1) is 10.1 Å². The van der Waals surface area contributed by atoms with Crippen molar-refractivity contribution in [2.24, 2.45) is 0 Å². The van der Waals surface area contributed by atoms with E-state index < -0.39 is 0 Å². The van der Waals surface area contributed by atoms with Gasteiger partial charge in [0.25, 0.3) is 5.69 Å². The summed E-state index contributed by atoms with van der Waals surface area (Å²) in [6.07, 6.45) is 4.01. The molecule has 0 aromatic heterocycles. The summed E-state index contributed by atoms with van der Waals surface area (Å²) in [5.41, 5.74) is 2.28. The molecule has 0 saturated heterocycles. The van der Waals surface area contributed by atoms with Gasteiger partial charge in [-0.2, -0.15) is 0 Å². The molecule has 2 rings (SSSR count). The Balaban J connectivity index is 2.43. The molecule has 1 fully saturated rings. The van der Waals surface area contributed by atoms with E-state index in [1.807, 2.05) is 25.1 Å². The van der Waals surface area contributed by atoms with Gasteiger partial charge in [-0.15, -0.1) is 6.58 Å². The van der Waals surface area contributed by atoms with Crippen LogP contribution in [0.2, 0.25) is 0 Å². The maximum Gasteiger partial charge on any atom is 0.272 e. The predicted octanol–water partition coefficient (Wildman–Crippen LogP) is 3.76. The Bertz CT molecular complexity index is 436. The van der Waals surface area contributed by atoms with Crippen LogP contribution in [0.25, 0.3) is 0 Å². The monoisotopic (exact) mass is 217 g/mol. The normalized spacial score (nSPS) is 16.8. The van der Waals surface area contributed by atoms with Crippen molar-refractivity contribution >= 4 is 5.69 Å². The van der Waals surface area contributed by atoms with Gasteiger partial charge in [0, 0.05) is 11.6 Å². The Morgan fingerprint density at radius 1 is 1.56 bits per heavy atom. The first kappa shape index (κ1) is 10.9. The minimum absolute atomic E-state index is 0.248. The largest absolute Gasteiger partial charge is 0.272 e. The Morgan fingerprint density at radius 3 is 2.75 bits per heavy atom. The second-order valence-corrected chi connectivity index (χ2v) is 4.37. The van der Waals surface area contributed by atoms with Crippen LogP contribution < -0.4 is 0 Å². The number of rotatable bonds is 4. The van der Waals surface area contributed by atoms with Crippen LogP contribution in [-0.2, 0) is 0 Å². The lowest BCUT2D eigenvalue weighted by Crippen LogP contribution is -1.97. The second kappa shape index (κ2) is 4.08. The SMILES string of the molecule is C=CC(C)c1ccc([N+](=O)[O-])c(C2CC2)c1. The van der Waals surface area contributed by atoms with Crippen molar-refractivity contribution in [1.29, 1.82) is 0 Å². The molecular formula is C13H15NO2. The molecule has 0 radical (unpaired) electrons. The third-order valence-corrected chi connectivity index (χ3v) is 3.14. The maximum atomic E-state index is 10.9. The summed E-state index contributed by atoms with van der Waals surface area (Å²) in [7, 11) is 0. The lowest BCUT2D eigenvalue weighted by molar-refractivity contribution is -0.385. The van der Waals surface area contributed by atoms with Gasteiger partial charge in [0.1, 0.15) is 0 Å². The van der Waals surface area contributed by atoms with Crippen LogP contribution in [0.5, 0.6) is 0 Å². The Hall–Kier alpha value is -1.64. The molecule has 0 bridgehead atoms. The van der Waals surface area contributed by atoms with E-state index in [1.165, 1.54) is 0 Å². The smallest absolute Gasteiger partial charge is 0.258 e. The highest BCUT2D eigenvalue weighted by molar-refractivity contribution is 5.48. The van der Waals surface area contributed by atoms with Crippen molar-refractivity contribution in [3.8, 4) is 0 Å². The van der Waals surface area contributed by atoms with E-state index in [0.29, 0.717) is 5.92 Å². The number of hydrogen-bond acceptors (Lipinski definition) is 2. The molecule has 84 valence electrons. The zero-order valence-corrected chi connectivity index (χ0v) is 9.35. The molecule has 1 aromatic carbocycles. The first-order chi connectivity index (χ1) is 7.63. The van der Waals surface area contributed by atoms with Crippen LogP contribution in [0.1, 0.15) is 42.7 Å². The van der Waals surface area contributed by atoms with Crippen LogP contribution in [0.4, 0.5) is 5.69 Å². The van der Waals surface area contributed by atoms with E-state index in [2.05, 4.69) is 6.58 Å². The maximum absolute atomic E-state index is 10.9. The number of nitrogens with zero attached hydrogens (tertiary/aromatic N) is 1. The zero-order chi connectivity index (χ0) is 11.7. The van der Waals surface area contributed by atoms with E-state index in [0.717, 1.165) is 24.0 Å². The van der Waals surface area contributed by atoms with Gasteiger partial charge in [-0.25, -0.2) is 0 Å². The van der Waals surface area contributed by atoms with Crippen LogP contribution >= 0.6 is 0 Å². The molecule has 16 heavy (non-hydrogen) atoms. The molecule has 1 aliphatic carbocycles. The van der Waals surface area contributed by atoms with Crippen molar-refractivity contribution < 1.29 is 4.92 Å². The van der Waals surface area contributed by atoms with Gasteiger partial charge >= 0.3 is 0 Å². The van der Waals surface area contributed by atoms with E-state index in [9.17, 15) is 10.1 Å². The predicted molar refractivity (Wildman–Crippen MR) is 63.7 cm³/mol. The molecular weight excluding hydrogens is 202 g/mol. The van der Waals surface area contributed by atoms with E-state index in [-0.39, 0.29) is 16.5 Å². The topological polar surface area (TPSA) is 43.1 Å². The summed E-state index contributed by atoms with van der Waals surface area (Å²) in [5.74, 6) is 0.649. The summed E-state index contributed by atoms with van der Waals surface area (Å²) < 4.78 is 0. The van der Waals surface area contributed by atoms with Crippen molar-refractivity contribution in [2.45, 2.75) is 31.6 Å². The quantitative estimate of drug-likeness (QED) is 0.438. The van der Waals surface area contributed by atoms with Crippen molar-refractivity contribution in [3.05, 3.63) is 52.1 Å². The molecule has 1 unspecified atom stereocenters. The van der Waals surface area contributed by atoms with Crippen molar-refractivity contribution in [1.82, 2.24) is 0 Å². The average Bonchev–Trinajstić information content (AvgIpc) is 3.10. The molecule has 1 aliphatic rings. The molecule has 1 saturated carbocycles. The Kier molecular flexibility index (Phi) is 2.77. The van der Waals surface area contributed by atoms with Gasteiger partial charge in [0.2, 0.25) is 0 Å². The highest BCUT2D eigenvalue weighted by Crippen LogP contribution is 2.44. The standard InChI is InChI=1S/C13H15NO2/c1-3-9(2)11-6-7-13(14(15)16)12(8-11)10-4-5-10/h3,6-10H,1,4-5H2,2H3. The Labute approximate surface area is 94.9 Å². The molecule has 0 heterocycles. The fraction of sp³-hybridized carbons (Fsp3) is 0.385. The molecule has 1 atom stereocenters. The Morgan fingerprint density at radius 2 is 2.25 bits per heavy atom. The lowest BCUT2D eigenvalue weighted by atomic mass is 9.96. The summed E-state index contributed by atoms with van der Waals surface area (Å²) in [6, 6.07) is 5.43. The van der Waals surface area contributed by atoms with Gasteiger partial charge in [0.15, 0.2) is 0 Å². The highest BCUT2D eigenvalue weighted by Gasteiger charge is 2.30. The van der Waals surface area contributed by atoms with Crippen LogP contribution in [0.3, 0.4) is 0 Å². The van der Waals surface area contributed by atoms with Gasteiger partial charge in [0.05, 0.1) is 4.92 Å². The molecule has 0 aliphatic heterocycles. The van der Waals surface area contributed by atoms with Crippen LogP contribution in [0.15, 0.2) is 30.9 Å². The second-order valence-electron chi connectivity index (χ2n) is 4.37. The fourth-order valence-corrected chi connectivity index (χ4v) is 1.88. The minimum atomic E-state index is -0.282. The van der Waals surface area contributed by atoms with Gasteiger partial charge in [-0.05, 0) is 36.3 Å². The molecule has 0 spiro atoms. The average molecular weight is 217 g/mol. The summed E-state index contributed by atoms with van der Waals surface area (Å²) in [4.78, 5) is 10.6. The van der Waals surface area contributed by atoms with Crippen LogP contribution in [-0.4, -0.2) is 4.92 Å². The first-order valence-corrected chi connectivity index (χ1v) is 5.54. The van der Waals surface area contributed by atoms with Gasteiger partial charge in [-0.1, -0.05) is 19.1 Å². The summed E-state index contributed by atoms with van der Waals surface area (Å²) >= 11 is 0. The van der Waals surface area contributed by atoms with E-state index in [1.54, 1.807) is 6.07 Å². The number of hydrogen-bond donors (Lipinski definition) is 0. The molecule has 3 nitrogen and oxygen atoms in total. The van der Waals surface area contributed by atoms with Gasteiger partial charge in [-0.3, -0.25) is 10.1 Å². The number of allylic oxidation sites excluding steroid dienone is 1. The van der Waals surface area contributed by atoms with Crippen molar-refractivity contribution in [3.63, 3.8) is 0 Å². The molecule has 3 heteroatoms. The zero-order valence-electron chi connectivity index (χ0n) is 9.35. The van der Waals surface area contributed by atoms with Crippen molar-refractivity contribution in [2.75, 3.05) is 0 Å². The molecule has 0 N–H and O–H groups in total. The number of nitro benzene ring substituents is 1. The molecule has 0 amide bonds. The summed E-state index contributed by atoms with van der Waals surface area (Å²) in [6.45, 7) is 5.80. The van der Waals surface area contributed by atoms with E-state index >= 15 is 0 Å². The van der Waals surface area contributed by atoms with E-state index in [4.69, 9.17) is 0 Å². The first-order valence-electron chi connectivity index (χ1n) is 5.54. The minimum Gasteiger partial charge on any atom is -0.258 e. The summed E-state index contributed by atoms with van der Waals surface area (Å²) in [5, 5.41) is 10.9. The highest BCUT2D eigenvalue weighted by atomic mass is 16.6. The number of benzene rings is 1. The third-order valence-electron chi connectivity index (χ3n) is 3.14. The third kappa shape index (κ3) is 1.98. The molecule has 1 aromatic rings. The van der Waals surface area contributed by atoms with Gasteiger partial charge < -0.3 is 0 Å². The lowest BCUT2D eigenvalue weighted by Gasteiger charge is -2.09. The number of nitro groups is 1. The fourth-order valence-electron chi connectivity index (χ4n) is 1.88.